The molecule has 3 rings (SSSR count). The highest BCUT2D eigenvalue weighted by molar-refractivity contribution is 6.04. The van der Waals surface area contributed by atoms with Gasteiger partial charge in [-0.2, -0.15) is 13.2 Å². The predicted octanol–water partition coefficient (Wildman–Crippen LogP) is 3.71. The topological polar surface area (TPSA) is 71.2 Å². The number of carbonyl (C=O) groups excluding carboxylic acids is 2. The third-order valence-electron chi connectivity index (χ3n) is 4.44. The van der Waals surface area contributed by atoms with Gasteiger partial charge in [0.25, 0.3) is 5.91 Å². The van der Waals surface area contributed by atoms with E-state index in [1.807, 2.05) is 0 Å². The maximum atomic E-state index is 12.4. The zero-order valence-electron chi connectivity index (χ0n) is 14.7. The highest BCUT2D eigenvalue weighted by atomic mass is 19.4. The lowest BCUT2D eigenvalue weighted by Crippen LogP contribution is -2.24. The van der Waals surface area contributed by atoms with E-state index in [2.05, 4.69) is 15.0 Å². The molecule has 1 amide bonds. The van der Waals surface area contributed by atoms with Gasteiger partial charge in [0.05, 0.1) is 0 Å². The summed E-state index contributed by atoms with van der Waals surface area (Å²) in [6.07, 6.45) is -2.37. The summed E-state index contributed by atoms with van der Waals surface area (Å²) in [5.41, 5.74) is 3.17. The number of Topliss-reactive ketones (excluding diaryl/α,β-unsaturated/α-hetero) is 1. The summed E-state index contributed by atoms with van der Waals surface area (Å²) in [6, 6.07) is 6.01. The molecule has 27 heavy (non-hydrogen) atoms. The average molecular weight is 380 g/mol. The third-order valence-corrected chi connectivity index (χ3v) is 4.44. The number of nitrogens with one attached hydrogen (secondary N) is 2. The summed E-state index contributed by atoms with van der Waals surface area (Å²) in [6.45, 7) is 0.605. The zero-order valence-corrected chi connectivity index (χ0v) is 14.7. The number of ether oxygens (including phenoxy) is 1. The number of fused-ring (bicyclic) bond motifs is 1. The van der Waals surface area contributed by atoms with E-state index in [1.54, 1.807) is 19.1 Å². The van der Waals surface area contributed by atoms with Crippen LogP contribution in [0, 0.1) is 6.92 Å². The molecule has 0 unspecified atom stereocenters. The Bertz CT molecular complexity index is 854. The van der Waals surface area contributed by atoms with Crippen molar-refractivity contribution in [3.63, 3.8) is 0 Å². The van der Waals surface area contributed by atoms with Crippen LogP contribution in [0.3, 0.4) is 0 Å². The Morgan fingerprint density at radius 3 is 2.56 bits per heavy atom. The van der Waals surface area contributed by atoms with Crippen molar-refractivity contribution in [3.8, 4) is 5.75 Å². The van der Waals surface area contributed by atoms with E-state index in [-0.39, 0.29) is 24.0 Å². The number of aromatic nitrogens is 1. The van der Waals surface area contributed by atoms with E-state index < -0.39 is 12.8 Å². The lowest BCUT2D eigenvalue weighted by atomic mass is 9.94. The first-order chi connectivity index (χ1) is 12.7. The Labute approximate surface area is 153 Å². The van der Waals surface area contributed by atoms with E-state index in [4.69, 9.17) is 0 Å². The van der Waals surface area contributed by atoms with Crippen LogP contribution in [0.4, 0.5) is 13.2 Å². The first-order valence-electron chi connectivity index (χ1n) is 8.56. The molecule has 144 valence electrons. The third kappa shape index (κ3) is 4.50. The molecule has 1 aliphatic carbocycles. The summed E-state index contributed by atoms with van der Waals surface area (Å²) in [7, 11) is 0. The number of hydrogen-bond acceptors (Lipinski definition) is 3. The quantitative estimate of drug-likeness (QED) is 0.831. The smallest absolute Gasteiger partial charge is 0.422 e. The van der Waals surface area contributed by atoms with E-state index in [0.717, 1.165) is 18.5 Å². The summed E-state index contributed by atoms with van der Waals surface area (Å²) in [5.74, 6) is -0.167. The first-order valence-corrected chi connectivity index (χ1v) is 8.56. The highest BCUT2D eigenvalue weighted by Gasteiger charge is 2.28. The number of carbonyl (C=O) groups is 2. The molecule has 1 aromatic carbocycles. The van der Waals surface area contributed by atoms with E-state index in [1.165, 1.54) is 12.1 Å². The zero-order chi connectivity index (χ0) is 19.6. The van der Waals surface area contributed by atoms with Crippen LogP contribution in [0.25, 0.3) is 0 Å². The molecule has 0 fully saturated rings. The highest BCUT2D eigenvalue weighted by Crippen LogP contribution is 2.26. The number of ketones is 1. The molecule has 2 aromatic rings. The Hall–Kier alpha value is -2.77. The standard InChI is InChI=1S/C19H19F3N2O3/c1-11-16-14(3-2-4-15(16)25)24-17(11)18(26)23-9-12-5-7-13(8-6-12)27-10-19(20,21)22/h5-8,24H,2-4,9-10H2,1H3,(H,23,26). The van der Waals surface area contributed by atoms with E-state index in [9.17, 15) is 22.8 Å². The van der Waals surface area contributed by atoms with Crippen LogP contribution >= 0.6 is 0 Å². The van der Waals surface area contributed by atoms with Crippen molar-refractivity contribution in [1.82, 2.24) is 10.3 Å². The summed E-state index contributed by atoms with van der Waals surface area (Å²) in [5, 5.41) is 2.75. The summed E-state index contributed by atoms with van der Waals surface area (Å²) < 4.78 is 41.1. The van der Waals surface area contributed by atoms with Gasteiger partial charge in [-0.05, 0) is 43.0 Å². The Morgan fingerprint density at radius 1 is 1.22 bits per heavy atom. The fourth-order valence-electron chi connectivity index (χ4n) is 3.14. The van der Waals surface area contributed by atoms with Gasteiger partial charge in [0, 0.05) is 24.2 Å². The second-order valence-electron chi connectivity index (χ2n) is 6.49. The molecule has 0 radical (unpaired) electrons. The Balaban J connectivity index is 1.60. The number of benzene rings is 1. The van der Waals surface area contributed by atoms with Crippen molar-refractivity contribution in [2.75, 3.05) is 6.61 Å². The molecule has 0 bridgehead atoms. The van der Waals surface area contributed by atoms with Gasteiger partial charge in [0.2, 0.25) is 0 Å². The molecular weight excluding hydrogens is 361 g/mol. The Kier molecular flexibility index (Phi) is 5.25. The second-order valence-corrected chi connectivity index (χ2v) is 6.49. The second kappa shape index (κ2) is 7.46. The molecular formula is C19H19F3N2O3. The number of alkyl halides is 3. The largest absolute Gasteiger partial charge is 0.484 e. The van der Waals surface area contributed by atoms with Crippen molar-refractivity contribution >= 4 is 11.7 Å². The van der Waals surface area contributed by atoms with Gasteiger partial charge < -0.3 is 15.0 Å². The summed E-state index contributed by atoms with van der Waals surface area (Å²) in [4.78, 5) is 27.5. The molecule has 0 atom stereocenters. The van der Waals surface area contributed by atoms with Crippen LogP contribution in [0.1, 0.15) is 50.5 Å². The van der Waals surface area contributed by atoms with Crippen LogP contribution in [0.2, 0.25) is 0 Å². The van der Waals surface area contributed by atoms with Gasteiger partial charge in [0.15, 0.2) is 12.4 Å². The van der Waals surface area contributed by atoms with Gasteiger partial charge in [-0.1, -0.05) is 12.1 Å². The van der Waals surface area contributed by atoms with Crippen molar-refractivity contribution in [2.24, 2.45) is 0 Å². The van der Waals surface area contributed by atoms with Gasteiger partial charge >= 0.3 is 6.18 Å². The molecule has 8 heteroatoms. The SMILES string of the molecule is Cc1c(C(=O)NCc2ccc(OCC(F)(F)F)cc2)[nH]c2c1C(=O)CCC2. The monoisotopic (exact) mass is 380 g/mol. The van der Waals surface area contributed by atoms with E-state index in [0.29, 0.717) is 28.8 Å². The van der Waals surface area contributed by atoms with Crippen molar-refractivity contribution in [3.05, 3.63) is 52.3 Å². The molecule has 1 heterocycles. The summed E-state index contributed by atoms with van der Waals surface area (Å²) >= 11 is 0. The lowest BCUT2D eigenvalue weighted by Gasteiger charge is -2.10. The number of H-pyrrole nitrogens is 1. The molecule has 2 N–H and O–H groups in total. The number of aromatic amines is 1. The Morgan fingerprint density at radius 2 is 1.93 bits per heavy atom. The van der Waals surface area contributed by atoms with Gasteiger partial charge in [0.1, 0.15) is 11.4 Å². The van der Waals surface area contributed by atoms with Crippen molar-refractivity contribution < 1.29 is 27.5 Å². The molecule has 0 saturated heterocycles. The fraction of sp³-hybridized carbons (Fsp3) is 0.368. The van der Waals surface area contributed by atoms with Crippen LogP contribution in [0.5, 0.6) is 5.75 Å². The van der Waals surface area contributed by atoms with Crippen LogP contribution in [0.15, 0.2) is 24.3 Å². The maximum absolute atomic E-state index is 12.4. The number of halogens is 3. The molecule has 0 aliphatic heterocycles. The predicted molar refractivity (Wildman–Crippen MR) is 92.0 cm³/mol. The van der Waals surface area contributed by atoms with Gasteiger partial charge in [-0.15, -0.1) is 0 Å². The van der Waals surface area contributed by atoms with Crippen LogP contribution in [-0.4, -0.2) is 29.5 Å². The van der Waals surface area contributed by atoms with Crippen molar-refractivity contribution in [2.45, 2.75) is 38.9 Å². The maximum Gasteiger partial charge on any atom is 0.422 e. The minimum atomic E-state index is -4.39. The van der Waals surface area contributed by atoms with Gasteiger partial charge in [-0.3, -0.25) is 9.59 Å². The van der Waals surface area contributed by atoms with Crippen molar-refractivity contribution in [1.29, 1.82) is 0 Å². The average Bonchev–Trinajstić information content (AvgIpc) is 2.96. The molecule has 1 aliphatic rings. The molecule has 0 spiro atoms. The molecule has 5 nitrogen and oxygen atoms in total. The number of amides is 1. The van der Waals surface area contributed by atoms with Gasteiger partial charge in [-0.25, -0.2) is 0 Å². The number of hydrogen-bond donors (Lipinski definition) is 2. The number of aryl methyl sites for hydroxylation is 1. The number of rotatable bonds is 5. The fourth-order valence-corrected chi connectivity index (χ4v) is 3.14. The normalized spacial score (nSPS) is 14.0. The minimum Gasteiger partial charge on any atom is -0.484 e. The molecule has 0 saturated carbocycles. The lowest BCUT2D eigenvalue weighted by molar-refractivity contribution is -0.153. The minimum absolute atomic E-state index is 0.0542. The van der Waals surface area contributed by atoms with Crippen LogP contribution in [-0.2, 0) is 13.0 Å². The van der Waals surface area contributed by atoms with E-state index >= 15 is 0 Å². The van der Waals surface area contributed by atoms with Crippen LogP contribution < -0.4 is 10.1 Å². The molecule has 1 aromatic heterocycles. The first kappa shape index (κ1) is 19.0.